The third-order valence-electron chi connectivity index (χ3n) is 8.15. The van der Waals surface area contributed by atoms with Crippen LogP contribution in [0.2, 0.25) is 0 Å². The highest BCUT2D eigenvalue weighted by atomic mass is 32.1. The molecule has 6 heteroatoms. The average Bonchev–Trinajstić information content (AvgIpc) is 2.83. The number of halogens is 1. The molecule has 0 heterocycles. The molecule has 0 spiro atoms. The quantitative estimate of drug-likeness (QED) is 0.611. The molecule has 0 aromatic carbocycles. The molecule has 0 aromatic heterocycles. The maximum atomic E-state index is 16.7. The molecule has 2 N–H and O–H groups in total. The van der Waals surface area contributed by atoms with Crippen molar-refractivity contribution in [2.75, 3.05) is 0 Å². The highest BCUT2D eigenvalue weighted by Crippen LogP contribution is 2.69. The van der Waals surface area contributed by atoms with E-state index in [-0.39, 0.29) is 24.5 Å². The Labute approximate surface area is 158 Å². The number of fused-ring (bicyclic) bond motifs is 5. The molecule has 4 aliphatic rings. The van der Waals surface area contributed by atoms with E-state index in [1.807, 2.05) is 0 Å². The molecule has 4 rings (SSSR count). The Kier molecular flexibility index (Phi) is 3.75. The van der Waals surface area contributed by atoms with Gasteiger partial charge in [-0.3, -0.25) is 9.59 Å². The third kappa shape index (κ3) is 1.88. The summed E-state index contributed by atoms with van der Waals surface area (Å²) >= 11 is 3.90. The largest absolute Gasteiger partial charge is 0.390 e. The van der Waals surface area contributed by atoms with Crippen LogP contribution in [0.1, 0.15) is 46.0 Å². The lowest BCUT2D eigenvalue weighted by Gasteiger charge is -2.62. The van der Waals surface area contributed by atoms with E-state index in [4.69, 9.17) is 0 Å². The summed E-state index contributed by atoms with van der Waals surface area (Å²) in [4.78, 5) is 23.9. The number of alkyl halides is 1. The van der Waals surface area contributed by atoms with Crippen molar-refractivity contribution in [2.24, 2.45) is 22.7 Å². The molecule has 0 aromatic rings. The number of thiol groups is 1. The minimum absolute atomic E-state index is 0.00186. The highest BCUT2D eigenvalue weighted by Gasteiger charge is 2.73. The molecule has 0 radical (unpaired) electrons. The van der Waals surface area contributed by atoms with Crippen LogP contribution in [0.25, 0.3) is 0 Å². The van der Waals surface area contributed by atoms with E-state index in [0.717, 1.165) is 5.57 Å². The van der Waals surface area contributed by atoms with Crippen LogP contribution in [0.3, 0.4) is 0 Å². The number of rotatable bonds is 1. The lowest BCUT2D eigenvalue weighted by atomic mass is 9.45. The van der Waals surface area contributed by atoms with Crippen LogP contribution < -0.4 is 0 Å². The standard InChI is InChI=1S/C20H25FO4S/c1-17-7-5-12(22)9-11(17)3-4-14-13-6-8-19(25,16(24)26)18(13,2)10-15(23)20(14,17)21/h5,7,9,13-15,23,25H,3-4,6,8,10H2,1-2H3,(H,24,26)/t13-,14-,15-,17-,18-,19+,20?/m0/s1. The van der Waals surface area contributed by atoms with Crippen LogP contribution in [0, 0.1) is 22.7 Å². The molecule has 0 saturated heterocycles. The first-order valence-corrected chi connectivity index (χ1v) is 9.72. The molecule has 1 unspecified atom stereocenters. The lowest BCUT2D eigenvalue weighted by molar-refractivity contribution is -0.214. The molecule has 7 atom stereocenters. The topological polar surface area (TPSA) is 74.6 Å². The minimum atomic E-state index is -1.93. The molecular formula is C20H25FO4S. The number of hydrogen-bond acceptors (Lipinski definition) is 4. The molecule has 3 saturated carbocycles. The Hall–Kier alpha value is -0.980. The van der Waals surface area contributed by atoms with E-state index < -0.39 is 39.2 Å². The second kappa shape index (κ2) is 5.30. The van der Waals surface area contributed by atoms with E-state index in [0.29, 0.717) is 19.3 Å². The van der Waals surface area contributed by atoms with Crippen LogP contribution in [0.5, 0.6) is 0 Å². The second-order valence-corrected chi connectivity index (χ2v) is 9.38. The van der Waals surface area contributed by atoms with Crippen molar-refractivity contribution >= 4 is 23.5 Å². The number of aliphatic hydroxyl groups is 2. The third-order valence-corrected chi connectivity index (χ3v) is 8.52. The summed E-state index contributed by atoms with van der Waals surface area (Å²) < 4.78 is 16.7. The molecular weight excluding hydrogens is 355 g/mol. The van der Waals surface area contributed by atoms with Crippen molar-refractivity contribution in [3.63, 3.8) is 0 Å². The van der Waals surface area contributed by atoms with Gasteiger partial charge in [-0.25, -0.2) is 4.39 Å². The van der Waals surface area contributed by atoms with Crippen molar-refractivity contribution in [1.82, 2.24) is 0 Å². The van der Waals surface area contributed by atoms with Crippen LogP contribution in [0.15, 0.2) is 23.8 Å². The Morgan fingerprint density at radius 2 is 2.00 bits per heavy atom. The Bertz CT molecular complexity index is 763. The number of carbonyl (C=O) groups excluding carboxylic acids is 2. The fourth-order valence-corrected chi connectivity index (χ4v) is 6.93. The van der Waals surface area contributed by atoms with Crippen LogP contribution >= 0.6 is 12.6 Å². The normalized spacial score (nSPS) is 52.8. The van der Waals surface area contributed by atoms with Crippen LogP contribution in [0.4, 0.5) is 4.39 Å². The van der Waals surface area contributed by atoms with Gasteiger partial charge in [0.25, 0.3) is 0 Å². The maximum Gasteiger partial charge on any atom is 0.218 e. The first kappa shape index (κ1) is 18.4. The number of ketones is 1. The first-order valence-electron chi connectivity index (χ1n) is 9.28. The van der Waals surface area contributed by atoms with Crippen molar-refractivity contribution in [3.05, 3.63) is 23.8 Å². The predicted octanol–water partition coefficient (Wildman–Crippen LogP) is 2.54. The summed E-state index contributed by atoms with van der Waals surface area (Å²) in [5.41, 5.74) is -4.79. The van der Waals surface area contributed by atoms with Gasteiger partial charge in [0.1, 0.15) is 5.60 Å². The van der Waals surface area contributed by atoms with Gasteiger partial charge in [-0.15, -0.1) is 12.6 Å². The van der Waals surface area contributed by atoms with Crippen molar-refractivity contribution in [3.8, 4) is 0 Å². The monoisotopic (exact) mass is 380 g/mol. The number of allylic oxidation sites excluding steroid dienone is 4. The summed E-state index contributed by atoms with van der Waals surface area (Å²) in [6.07, 6.45) is 4.99. The molecule has 26 heavy (non-hydrogen) atoms. The number of carbonyl (C=O) groups is 2. The molecule has 4 nitrogen and oxygen atoms in total. The fourth-order valence-electron chi connectivity index (χ4n) is 6.57. The van der Waals surface area contributed by atoms with Crippen molar-refractivity contribution < 1.29 is 24.2 Å². The summed E-state index contributed by atoms with van der Waals surface area (Å²) in [6.45, 7) is 3.54. The zero-order chi connectivity index (χ0) is 19.1. The maximum absolute atomic E-state index is 16.7. The predicted molar refractivity (Wildman–Crippen MR) is 97.3 cm³/mol. The van der Waals surface area contributed by atoms with Gasteiger partial charge in [0.05, 0.1) is 6.10 Å². The average molecular weight is 380 g/mol. The molecule has 4 aliphatic carbocycles. The second-order valence-electron chi connectivity index (χ2n) is 8.97. The molecule has 0 amide bonds. The van der Waals surface area contributed by atoms with Crippen molar-refractivity contribution in [2.45, 2.75) is 63.3 Å². The summed E-state index contributed by atoms with van der Waals surface area (Å²) in [7, 11) is 0. The van der Waals surface area contributed by atoms with E-state index in [9.17, 15) is 19.8 Å². The van der Waals surface area contributed by atoms with Gasteiger partial charge in [-0.2, -0.15) is 0 Å². The lowest BCUT2D eigenvalue weighted by Crippen LogP contribution is -2.68. The van der Waals surface area contributed by atoms with Gasteiger partial charge >= 0.3 is 0 Å². The van der Waals surface area contributed by atoms with Gasteiger partial charge in [-0.1, -0.05) is 18.6 Å². The Morgan fingerprint density at radius 1 is 1.31 bits per heavy atom. The van der Waals surface area contributed by atoms with E-state index in [1.165, 1.54) is 12.2 Å². The van der Waals surface area contributed by atoms with Crippen molar-refractivity contribution in [1.29, 1.82) is 0 Å². The SMILES string of the molecule is C[C@]12C=CC(=O)C=C1CC[C@H]1[C@@H]3CC[C@@](O)(C(=O)S)[C@@]3(C)C[C@H](O)C12F. The van der Waals surface area contributed by atoms with Gasteiger partial charge in [-0.05, 0) is 57.1 Å². The molecule has 3 fully saturated rings. The highest BCUT2D eigenvalue weighted by molar-refractivity contribution is 7.96. The summed E-state index contributed by atoms with van der Waals surface area (Å²) in [5, 5.41) is 21.4. The smallest absolute Gasteiger partial charge is 0.218 e. The zero-order valence-corrected chi connectivity index (χ0v) is 15.9. The number of hydrogen-bond donors (Lipinski definition) is 3. The van der Waals surface area contributed by atoms with E-state index in [1.54, 1.807) is 19.9 Å². The van der Waals surface area contributed by atoms with Gasteiger partial charge in [0.2, 0.25) is 5.12 Å². The van der Waals surface area contributed by atoms with E-state index >= 15 is 4.39 Å². The molecule has 0 bridgehead atoms. The van der Waals surface area contributed by atoms with Crippen LogP contribution in [-0.4, -0.2) is 38.5 Å². The van der Waals surface area contributed by atoms with Gasteiger partial charge < -0.3 is 10.2 Å². The van der Waals surface area contributed by atoms with E-state index in [2.05, 4.69) is 12.6 Å². The fraction of sp³-hybridized carbons (Fsp3) is 0.700. The minimum Gasteiger partial charge on any atom is -0.390 e. The Balaban J connectivity index is 1.83. The van der Waals surface area contributed by atoms with Gasteiger partial charge in [0.15, 0.2) is 11.5 Å². The zero-order valence-electron chi connectivity index (χ0n) is 15.0. The molecule has 0 aliphatic heterocycles. The van der Waals surface area contributed by atoms with Gasteiger partial charge in [0, 0.05) is 16.7 Å². The summed E-state index contributed by atoms with van der Waals surface area (Å²) in [6, 6.07) is 0. The first-order chi connectivity index (χ1) is 12.0. The summed E-state index contributed by atoms with van der Waals surface area (Å²) in [5.74, 6) is -0.857. The van der Waals surface area contributed by atoms with Crippen LogP contribution in [-0.2, 0) is 9.59 Å². The molecule has 142 valence electrons. The number of aliphatic hydroxyl groups excluding tert-OH is 1. The Morgan fingerprint density at radius 3 is 2.65 bits per heavy atom.